The van der Waals surface area contributed by atoms with Gasteiger partial charge in [0.15, 0.2) is 5.13 Å². The molecule has 2 N–H and O–H groups in total. The lowest BCUT2D eigenvalue weighted by Crippen LogP contribution is -2.52. The predicted octanol–water partition coefficient (Wildman–Crippen LogP) is 3.95. The van der Waals surface area contributed by atoms with Gasteiger partial charge in [-0.3, -0.25) is 9.59 Å². The molecule has 1 aromatic carbocycles. The molecule has 7 nitrogen and oxygen atoms in total. The van der Waals surface area contributed by atoms with Gasteiger partial charge in [0.25, 0.3) is 5.91 Å². The number of likely N-dealkylation sites (tertiary alicyclic amines) is 1. The molecule has 0 aliphatic carbocycles. The lowest BCUT2D eigenvalue weighted by molar-refractivity contribution is -0.126. The zero-order valence-corrected chi connectivity index (χ0v) is 18.2. The van der Waals surface area contributed by atoms with Crippen molar-refractivity contribution in [3.05, 3.63) is 39.3 Å². The summed E-state index contributed by atoms with van der Waals surface area (Å²) >= 11 is 13.3. The minimum atomic E-state index is -0.485. The second-order valence-corrected chi connectivity index (χ2v) is 8.26. The van der Waals surface area contributed by atoms with E-state index in [1.807, 2.05) is 0 Å². The Bertz CT molecular complexity index is 877. The van der Waals surface area contributed by atoms with Gasteiger partial charge >= 0.3 is 0 Å². The van der Waals surface area contributed by atoms with Crippen molar-refractivity contribution in [2.45, 2.75) is 25.3 Å². The molecule has 1 aliphatic rings. The molecule has 0 bridgehead atoms. The van der Waals surface area contributed by atoms with Crippen molar-refractivity contribution >= 4 is 57.2 Å². The molecule has 1 aliphatic heterocycles. The van der Waals surface area contributed by atoms with Crippen molar-refractivity contribution in [3.8, 4) is 0 Å². The molecule has 1 fully saturated rings. The van der Waals surface area contributed by atoms with Crippen LogP contribution in [0.3, 0.4) is 0 Å². The largest absolute Gasteiger partial charge is 0.383 e. The Kier molecular flexibility index (Phi) is 7.71. The molecule has 29 heavy (non-hydrogen) atoms. The van der Waals surface area contributed by atoms with Crippen LogP contribution >= 0.6 is 34.5 Å². The number of nitrogens with zero attached hydrogens (tertiary/aromatic N) is 2. The van der Waals surface area contributed by atoms with Crippen molar-refractivity contribution in [1.29, 1.82) is 0 Å². The van der Waals surface area contributed by atoms with E-state index in [9.17, 15) is 9.59 Å². The molecule has 10 heteroatoms. The molecule has 2 aromatic rings. The van der Waals surface area contributed by atoms with Gasteiger partial charge in [-0.05, 0) is 37.5 Å². The zero-order valence-electron chi connectivity index (χ0n) is 15.9. The molecule has 0 unspecified atom stereocenters. The Balaban J connectivity index is 1.68. The van der Waals surface area contributed by atoms with Crippen LogP contribution in [0.5, 0.6) is 0 Å². The normalized spacial score (nSPS) is 16.5. The third-order valence-electron chi connectivity index (χ3n) is 4.57. The number of aromatic nitrogens is 1. The van der Waals surface area contributed by atoms with Crippen LogP contribution in [0.15, 0.2) is 23.6 Å². The number of piperidine rings is 1. The molecule has 0 saturated carbocycles. The number of ether oxygens (including phenoxy) is 1. The van der Waals surface area contributed by atoms with Crippen LogP contribution in [-0.4, -0.2) is 54.5 Å². The van der Waals surface area contributed by atoms with E-state index in [0.29, 0.717) is 47.0 Å². The van der Waals surface area contributed by atoms with Gasteiger partial charge in [0, 0.05) is 31.3 Å². The summed E-state index contributed by atoms with van der Waals surface area (Å²) < 4.78 is 4.96. The number of amides is 2. The minimum absolute atomic E-state index is 0.153. The van der Waals surface area contributed by atoms with Crippen molar-refractivity contribution in [1.82, 2.24) is 15.2 Å². The number of thiazole rings is 1. The fourth-order valence-corrected chi connectivity index (χ4v) is 4.12. The van der Waals surface area contributed by atoms with Gasteiger partial charge < -0.3 is 20.3 Å². The number of halogens is 2. The first-order valence-corrected chi connectivity index (χ1v) is 10.9. The number of benzene rings is 1. The summed E-state index contributed by atoms with van der Waals surface area (Å²) in [5.74, 6) is -0.394. The van der Waals surface area contributed by atoms with Crippen molar-refractivity contribution in [2.75, 3.05) is 32.1 Å². The predicted molar refractivity (Wildman–Crippen MR) is 115 cm³/mol. The Morgan fingerprint density at radius 1 is 1.31 bits per heavy atom. The van der Waals surface area contributed by atoms with Gasteiger partial charge in [-0.1, -0.05) is 23.2 Å². The van der Waals surface area contributed by atoms with Gasteiger partial charge in [0.1, 0.15) is 11.7 Å². The quantitative estimate of drug-likeness (QED) is 0.616. The number of carbonyl (C=O) groups is 2. The first kappa shape index (κ1) is 21.8. The van der Waals surface area contributed by atoms with Crippen LogP contribution in [0.25, 0.3) is 0 Å². The molecule has 2 amide bonds. The highest BCUT2D eigenvalue weighted by molar-refractivity contribution is 7.14. The summed E-state index contributed by atoms with van der Waals surface area (Å²) in [6.45, 7) is 1.39. The molecule has 1 aromatic heterocycles. The number of hydrogen-bond acceptors (Lipinski definition) is 6. The monoisotopic (exact) mass is 456 g/mol. The lowest BCUT2D eigenvalue weighted by Gasteiger charge is -2.34. The first-order chi connectivity index (χ1) is 14.0. The second-order valence-electron chi connectivity index (χ2n) is 6.59. The molecule has 0 spiro atoms. The maximum absolute atomic E-state index is 13.0. The number of hydrogen-bond donors (Lipinski definition) is 2. The van der Waals surface area contributed by atoms with Crippen LogP contribution in [0, 0.1) is 0 Å². The van der Waals surface area contributed by atoms with Crippen LogP contribution in [0.2, 0.25) is 10.0 Å². The lowest BCUT2D eigenvalue weighted by atomic mass is 10.0. The standard InChI is InChI=1S/C19H22Cl2N4O3S/c1-28-9-7-22-17(26)16-4-2-3-8-25(16)18(27)15-11-29-19(24-15)23-12-5-6-13(20)14(21)10-12/h5-6,10-11,16H,2-4,7-9H2,1H3,(H,22,26)(H,23,24)/t16-/m0/s1. The minimum Gasteiger partial charge on any atom is -0.383 e. The highest BCUT2D eigenvalue weighted by atomic mass is 35.5. The number of anilines is 2. The fraction of sp³-hybridized carbons (Fsp3) is 0.421. The molecule has 2 heterocycles. The molecule has 0 radical (unpaired) electrons. The van der Waals surface area contributed by atoms with E-state index in [0.717, 1.165) is 18.5 Å². The fourth-order valence-electron chi connectivity index (χ4n) is 3.12. The van der Waals surface area contributed by atoms with Crippen molar-refractivity contribution in [3.63, 3.8) is 0 Å². The van der Waals surface area contributed by atoms with E-state index in [4.69, 9.17) is 27.9 Å². The third kappa shape index (κ3) is 5.60. The van der Waals surface area contributed by atoms with E-state index in [-0.39, 0.29) is 11.8 Å². The van der Waals surface area contributed by atoms with E-state index < -0.39 is 6.04 Å². The summed E-state index contributed by atoms with van der Waals surface area (Å²) in [5.41, 5.74) is 1.04. The molecular formula is C19H22Cl2N4O3S. The third-order valence-corrected chi connectivity index (χ3v) is 6.06. The zero-order chi connectivity index (χ0) is 20.8. The Hall–Kier alpha value is -1.87. The summed E-state index contributed by atoms with van der Waals surface area (Å²) in [5, 5.41) is 9.09. The second kappa shape index (κ2) is 10.2. The summed E-state index contributed by atoms with van der Waals surface area (Å²) in [7, 11) is 1.58. The topological polar surface area (TPSA) is 83.6 Å². The average Bonchev–Trinajstić information content (AvgIpc) is 3.19. The highest BCUT2D eigenvalue weighted by Crippen LogP contribution is 2.29. The number of methoxy groups -OCH3 is 1. The Labute approximate surface area is 183 Å². The maximum atomic E-state index is 13.0. The van der Waals surface area contributed by atoms with E-state index in [2.05, 4.69) is 15.6 Å². The smallest absolute Gasteiger partial charge is 0.274 e. The molecular weight excluding hydrogens is 435 g/mol. The Morgan fingerprint density at radius 2 is 2.14 bits per heavy atom. The molecule has 156 valence electrons. The summed E-state index contributed by atoms with van der Waals surface area (Å²) in [6.07, 6.45) is 2.42. The van der Waals surface area contributed by atoms with Gasteiger partial charge in [-0.25, -0.2) is 4.98 Å². The summed E-state index contributed by atoms with van der Waals surface area (Å²) in [4.78, 5) is 31.5. The molecule has 1 atom stereocenters. The van der Waals surface area contributed by atoms with Crippen LogP contribution in [0.4, 0.5) is 10.8 Å². The van der Waals surface area contributed by atoms with Gasteiger partial charge in [0.2, 0.25) is 5.91 Å². The van der Waals surface area contributed by atoms with Gasteiger partial charge in [-0.2, -0.15) is 0 Å². The Morgan fingerprint density at radius 3 is 2.90 bits per heavy atom. The van der Waals surface area contributed by atoms with E-state index >= 15 is 0 Å². The van der Waals surface area contributed by atoms with Crippen LogP contribution < -0.4 is 10.6 Å². The van der Waals surface area contributed by atoms with Crippen molar-refractivity contribution < 1.29 is 14.3 Å². The first-order valence-electron chi connectivity index (χ1n) is 9.25. The van der Waals surface area contributed by atoms with Crippen LogP contribution in [0.1, 0.15) is 29.8 Å². The maximum Gasteiger partial charge on any atom is 0.274 e. The van der Waals surface area contributed by atoms with Gasteiger partial charge in [0.05, 0.1) is 16.7 Å². The van der Waals surface area contributed by atoms with Gasteiger partial charge in [-0.15, -0.1) is 11.3 Å². The van der Waals surface area contributed by atoms with Crippen molar-refractivity contribution in [2.24, 2.45) is 0 Å². The molecule has 3 rings (SSSR count). The number of nitrogens with one attached hydrogen (secondary N) is 2. The molecule has 1 saturated heterocycles. The van der Waals surface area contributed by atoms with E-state index in [1.54, 1.807) is 35.6 Å². The highest BCUT2D eigenvalue weighted by Gasteiger charge is 2.33. The average molecular weight is 457 g/mol. The number of rotatable bonds is 7. The van der Waals surface area contributed by atoms with E-state index in [1.165, 1.54) is 11.3 Å². The SMILES string of the molecule is COCCNC(=O)[C@@H]1CCCCN1C(=O)c1csc(Nc2ccc(Cl)c(Cl)c2)n1. The number of carbonyl (C=O) groups excluding carboxylic acids is 2. The van der Waals surface area contributed by atoms with Crippen LogP contribution in [-0.2, 0) is 9.53 Å². The summed E-state index contributed by atoms with van der Waals surface area (Å²) in [6, 6.07) is 4.67.